The normalized spacial score (nSPS) is 11.7. The summed E-state index contributed by atoms with van der Waals surface area (Å²) >= 11 is 1.73. The number of aliphatic imine (C=N–C) groups is 1. The molecular formula is C20H30N4OS. The van der Waals surface area contributed by atoms with Gasteiger partial charge in [-0.25, -0.2) is 9.98 Å². The number of hydrogen-bond acceptors (Lipinski definition) is 4. The van der Waals surface area contributed by atoms with E-state index in [2.05, 4.69) is 53.5 Å². The van der Waals surface area contributed by atoms with Crippen LogP contribution in [0.15, 0.2) is 29.3 Å². The highest BCUT2D eigenvalue weighted by Crippen LogP contribution is 2.16. The lowest BCUT2D eigenvalue weighted by atomic mass is 10.2. The van der Waals surface area contributed by atoms with Gasteiger partial charge in [-0.05, 0) is 44.4 Å². The molecular weight excluding hydrogens is 344 g/mol. The van der Waals surface area contributed by atoms with Crippen molar-refractivity contribution < 1.29 is 4.74 Å². The zero-order chi connectivity index (χ0) is 18.9. The summed E-state index contributed by atoms with van der Waals surface area (Å²) < 4.78 is 5.72. The third-order valence-corrected chi connectivity index (χ3v) is 4.76. The highest BCUT2D eigenvalue weighted by molar-refractivity contribution is 7.11. The van der Waals surface area contributed by atoms with Gasteiger partial charge in [0.2, 0.25) is 0 Å². The Hall–Kier alpha value is -2.08. The van der Waals surface area contributed by atoms with E-state index in [-0.39, 0.29) is 0 Å². The number of nitrogens with zero attached hydrogens (tertiary/aromatic N) is 2. The molecule has 0 radical (unpaired) electrons. The average Bonchev–Trinajstić information content (AvgIpc) is 2.94. The predicted octanol–water partition coefficient (Wildman–Crippen LogP) is 4.05. The fraction of sp³-hybridized carbons (Fsp3) is 0.500. The summed E-state index contributed by atoms with van der Waals surface area (Å²) in [5.74, 6) is 2.25. The quantitative estimate of drug-likeness (QED) is 0.541. The van der Waals surface area contributed by atoms with Gasteiger partial charge in [0.05, 0.1) is 30.4 Å². The van der Waals surface area contributed by atoms with Crippen LogP contribution in [0.4, 0.5) is 0 Å². The lowest BCUT2D eigenvalue weighted by molar-refractivity contribution is 0.271. The predicted molar refractivity (Wildman–Crippen MR) is 110 cm³/mol. The van der Waals surface area contributed by atoms with Crippen LogP contribution >= 0.6 is 11.3 Å². The van der Waals surface area contributed by atoms with Crippen LogP contribution in [0.5, 0.6) is 5.75 Å². The van der Waals surface area contributed by atoms with Crippen LogP contribution in [0.3, 0.4) is 0 Å². The average molecular weight is 375 g/mol. The van der Waals surface area contributed by atoms with Crippen molar-refractivity contribution in [3.8, 4) is 5.75 Å². The van der Waals surface area contributed by atoms with Crippen molar-refractivity contribution in [2.45, 2.75) is 47.7 Å². The number of benzene rings is 1. The second-order valence-electron chi connectivity index (χ2n) is 6.64. The van der Waals surface area contributed by atoms with Crippen LogP contribution in [-0.4, -0.2) is 24.1 Å². The van der Waals surface area contributed by atoms with E-state index in [9.17, 15) is 0 Å². The summed E-state index contributed by atoms with van der Waals surface area (Å²) in [4.78, 5) is 10.4. The van der Waals surface area contributed by atoms with Crippen LogP contribution in [0, 0.1) is 19.8 Å². The third-order valence-electron chi connectivity index (χ3n) is 3.69. The monoisotopic (exact) mass is 374 g/mol. The lowest BCUT2D eigenvalue weighted by Crippen LogP contribution is -2.36. The number of guanidine groups is 1. The van der Waals surface area contributed by atoms with Crippen molar-refractivity contribution in [1.82, 2.24) is 15.6 Å². The molecule has 142 valence electrons. The second-order valence-corrected chi connectivity index (χ2v) is 7.93. The maximum atomic E-state index is 5.72. The standard InChI is InChI=1S/C20H30N4OS/c1-6-21-20(23-12-19-15(4)24-16(5)26-19)22-11-17-7-9-18(10-8-17)25-13-14(2)3/h7-10,14H,6,11-13H2,1-5H3,(H2,21,22,23). The van der Waals surface area contributed by atoms with Gasteiger partial charge >= 0.3 is 0 Å². The number of rotatable bonds is 8. The van der Waals surface area contributed by atoms with E-state index in [1.165, 1.54) is 4.88 Å². The van der Waals surface area contributed by atoms with Crippen LogP contribution in [-0.2, 0) is 13.1 Å². The summed E-state index contributed by atoms with van der Waals surface area (Å²) in [5, 5.41) is 7.78. The summed E-state index contributed by atoms with van der Waals surface area (Å²) in [6, 6.07) is 8.16. The van der Waals surface area contributed by atoms with E-state index in [0.29, 0.717) is 12.5 Å². The van der Waals surface area contributed by atoms with Gasteiger partial charge in [-0.3, -0.25) is 0 Å². The summed E-state index contributed by atoms with van der Waals surface area (Å²) in [6.07, 6.45) is 0. The zero-order valence-corrected chi connectivity index (χ0v) is 17.2. The Morgan fingerprint density at radius 3 is 2.50 bits per heavy atom. The largest absolute Gasteiger partial charge is 0.493 e. The molecule has 0 aliphatic heterocycles. The Morgan fingerprint density at radius 2 is 1.92 bits per heavy atom. The molecule has 2 aromatic rings. The molecule has 1 aromatic carbocycles. The fourth-order valence-electron chi connectivity index (χ4n) is 2.37. The van der Waals surface area contributed by atoms with E-state index < -0.39 is 0 Å². The Morgan fingerprint density at radius 1 is 1.19 bits per heavy atom. The van der Waals surface area contributed by atoms with Gasteiger partial charge in [0, 0.05) is 11.4 Å². The van der Waals surface area contributed by atoms with Crippen molar-refractivity contribution >= 4 is 17.3 Å². The van der Waals surface area contributed by atoms with Gasteiger partial charge in [-0.2, -0.15) is 0 Å². The molecule has 1 aromatic heterocycles. The van der Waals surface area contributed by atoms with E-state index in [4.69, 9.17) is 4.74 Å². The Balaban J connectivity index is 1.92. The van der Waals surface area contributed by atoms with Crippen molar-refractivity contribution in [3.63, 3.8) is 0 Å². The number of aromatic nitrogens is 1. The molecule has 0 aliphatic rings. The first kappa shape index (κ1) is 20.2. The minimum Gasteiger partial charge on any atom is -0.493 e. The van der Waals surface area contributed by atoms with Gasteiger partial charge in [-0.15, -0.1) is 11.3 Å². The fourth-order valence-corrected chi connectivity index (χ4v) is 3.24. The maximum Gasteiger partial charge on any atom is 0.191 e. The third kappa shape index (κ3) is 6.67. The number of aryl methyl sites for hydroxylation is 2. The van der Waals surface area contributed by atoms with E-state index in [1.807, 2.05) is 26.0 Å². The smallest absolute Gasteiger partial charge is 0.191 e. The van der Waals surface area contributed by atoms with Crippen molar-refractivity contribution in [1.29, 1.82) is 0 Å². The first-order valence-corrected chi connectivity index (χ1v) is 9.96. The minimum atomic E-state index is 0.527. The Bertz CT molecular complexity index is 707. The molecule has 0 unspecified atom stereocenters. The molecule has 0 atom stereocenters. The summed E-state index contributed by atoms with van der Waals surface area (Å²) in [6.45, 7) is 13.4. The van der Waals surface area contributed by atoms with Gasteiger partial charge in [0.15, 0.2) is 5.96 Å². The molecule has 6 heteroatoms. The topological polar surface area (TPSA) is 58.5 Å². The SMILES string of the molecule is CCNC(=NCc1ccc(OCC(C)C)cc1)NCc1sc(C)nc1C. The molecule has 0 saturated heterocycles. The molecule has 26 heavy (non-hydrogen) atoms. The molecule has 0 saturated carbocycles. The molecule has 0 amide bonds. The van der Waals surface area contributed by atoms with Crippen molar-refractivity contribution in [2.24, 2.45) is 10.9 Å². The summed E-state index contributed by atoms with van der Waals surface area (Å²) in [5.41, 5.74) is 2.25. The molecule has 1 heterocycles. The lowest BCUT2D eigenvalue weighted by Gasteiger charge is -2.11. The minimum absolute atomic E-state index is 0.527. The molecule has 0 aliphatic carbocycles. The van der Waals surface area contributed by atoms with Crippen LogP contribution in [0.1, 0.15) is 41.9 Å². The molecule has 2 N–H and O–H groups in total. The molecule has 2 rings (SSSR count). The van der Waals surface area contributed by atoms with E-state index in [0.717, 1.165) is 47.7 Å². The summed E-state index contributed by atoms with van der Waals surface area (Å²) in [7, 11) is 0. The first-order chi connectivity index (χ1) is 12.5. The van der Waals surface area contributed by atoms with Crippen LogP contribution < -0.4 is 15.4 Å². The highest BCUT2D eigenvalue weighted by Gasteiger charge is 2.06. The molecule has 5 nitrogen and oxygen atoms in total. The number of nitrogens with one attached hydrogen (secondary N) is 2. The molecule has 0 spiro atoms. The van der Waals surface area contributed by atoms with Crippen molar-refractivity contribution in [3.05, 3.63) is 45.4 Å². The van der Waals surface area contributed by atoms with Crippen LogP contribution in [0.25, 0.3) is 0 Å². The van der Waals surface area contributed by atoms with Crippen molar-refractivity contribution in [2.75, 3.05) is 13.2 Å². The van der Waals surface area contributed by atoms with E-state index >= 15 is 0 Å². The maximum absolute atomic E-state index is 5.72. The zero-order valence-electron chi connectivity index (χ0n) is 16.4. The first-order valence-electron chi connectivity index (χ1n) is 9.14. The number of thiazole rings is 1. The number of hydrogen-bond donors (Lipinski definition) is 2. The highest BCUT2D eigenvalue weighted by atomic mass is 32.1. The molecule has 0 bridgehead atoms. The van der Waals surface area contributed by atoms with Crippen LogP contribution in [0.2, 0.25) is 0 Å². The molecule has 0 fully saturated rings. The Kier molecular flexibility index (Phi) is 7.91. The Labute approximate surface area is 160 Å². The van der Waals surface area contributed by atoms with Gasteiger partial charge in [0.25, 0.3) is 0 Å². The van der Waals surface area contributed by atoms with Gasteiger partial charge in [0.1, 0.15) is 5.75 Å². The van der Waals surface area contributed by atoms with E-state index in [1.54, 1.807) is 11.3 Å². The van der Waals surface area contributed by atoms with Gasteiger partial charge in [-0.1, -0.05) is 26.0 Å². The second kappa shape index (κ2) is 10.2. The van der Waals surface area contributed by atoms with Gasteiger partial charge < -0.3 is 15.4 Å². The number of ether oxygens (including phenoxy) is 1.